The molecule has 0 aliphatic rings. The van der Waals surface area contributed by atoms with Gasteiger partial charge in [-0.15, -0.1) is 11.3 Å². The fourth-order valence-corrected chi connectivity index (χ4v) is 3.21. The van der Waals surface area contributed by atoms with Crippen molar-refractivity contribution in [3.63, 3.8) is 0 Å². The van der Waals surface area contributed by atoms with Crippen LogP contribution in [0.15, 0.2) is 47.8 Å². The highest BCUT2D eigenvalue weighted by atomic mass is 32.1. The van der Waals surface area contributed by atoms with E-state index in [1.54, 1.807) is 29.6 Å². The highest BCUT2D eigenvalue weighted by Crippen LogP contribution is 2.24. The number of methoxy groups -OCH3 is 1. The van der Waals surface area contributed by atoms with Gasteiger partial charge in [-0.3, -0.25) is 4.79 Å². The van der Waals surface area contributed by atoms with E-state index in [1.165, 1.54) is 24.0 Å². The molecule has 3 rings (SSSR count). The third-order valence-corrected chi connectivity index (χ3v) is 4.68. The van der Waals surface area contributed by atoms with Gasteiger partial charge in [0.15, 0.2) is 5.13 Å². The number of ether oxygens (including phenoxy) is 1. The van der Waals surface area contributed by atoms with Gasteiger partial charge in [-0.25, -0.2) is 9.78 Å². The van der Waals surface area contributed by atoms with E-state index < -0.39 is 5.97 Å². The van der Waals surface area contributed by atoms with Gasteiger partial charge in [0, 0.05) is 16.8 Å². The molecule has 6 nitrogen and oxygen atoms in total. The van der Waals surface area contributed by atoms with Crippen LogP contribution in [0, 0.1) is 13.8 Å². The molecule has 2 aromatic carbocycles. The number of nitrogens with one attached hydrogen (secondary N) is 2. The summed E-state index contributed by atoms with van der Waals surface area (Å²) in [6.45, 7) is 4.06. The standard InChI is InChI=1S/C20H19N3O3S/c1-12-4-9-16(13(2)10-12)22-20-23-17(11-27-20)18(24)21-15-7-5-14(6-8-15)19(25)26-3/h4-11H,1-3H3,(H,21,24)(H,22,23). The number of aromatic nitrogens is 1. The van der Waals surface area contributed by atoms with Crippen molar-refractivity contribution in [2.24, 2.45) is 0 Å². The van der Waals surface area contributed by atoms with E-state index in [1.807, 2.05) is 26.0 Å². The number of aryl methyl sites for hydroxylation is 2. The molecule has 138 valence electrons. The molecule has 0 saturated carbocycles. The fourth-order valence-electron chi connectivity index (χ4n) is 2.51. The third kappa shape index (κ3) is 4.51. The average molecular weight is 381 g/mol. The van der Waals surface area contributed by atoms with Gasteiger partial charge in [0.25, 0.3) is 5.91 Å². The Balaban J connectivity index is 1.67. The van der Waals surface area contributed by atoms with Crippen molar-refractivity contribution < 1.29 is 14.3 Å². The minimum atomic E-state index is -0.422. The van der Waals surface area contributed by atoms with Crippen LogP contribution in [0.3, 0.4) is 0 Å². The topological polar surface area (TPSA) is 80.3 Å². The lowest BCUT2D eigenvalue weighted by atomic mass is 10.1. The van der Waals surface area contributed by atoms with Crippen LogP contribution >= 0.6 is 11.3 Å². The van der Waals surface area contributed by atoms with Crippen LogP contribution in [0.25, 0.3) is 0 Å². The summed E-state index contributed by atoms with van der Waals surface area (Å²) < 4.78 is 4.65. The number of amides is 1. The number of esters is 1. The quantitative estimate of drug-likeness (QED) is 0.634. The number of benzene rings is 2. The van der Waals surface area contributed by atoms with Crippen molar-refractivity contribution in [1.29, 1.82) is 0 Å². The maximum absolute atomic E-state index is 12.4. The first-order valence-corrected chi connectivity index (χ1v) is 9.14. The molecule has 0 bridgehead atoms. The molecule has 1 heterocycles. The maximum Gasteiger partial charge on any atom is 0.337 e. The van der Waals surface area contributed by atoms with Gasteiger partial charge in [-0.2, -0.15) is 0 Å². The van der Waals surface area contributed by atoms with Crippen LogP contribution in [0.5, 0.6) is 0 Å². The normalized spacial score (nSPS) is 10.3. The summed E-state index contributed by atoms with van der Waals surface area (Å²) >= 11 is 1.36. The second-order valence-electron chi connectivity index (χ2n) is 6.00. The Morgan fingerprint density at radius 1 is 1.07 bits per heavy atom. The van der Waals surface area contributed by atoms with Crippen LogP contribution in [0.1, 0.15) is 32.0 Å². The van der Waals surface area contributed by atoms with E-state index in [0.29, 0.717) is 22.1 Å². The summed E-state index contributed by atoms with van der Waals surface area (Å²) in [6.07, 6.45) is 0. The van der Waals surface area contributed by atoms with Crippen LogP contribution in [-0.2, 0) is 4.74 Å². The SMILES string of the molecule is COC(=O)c1ccc(NC(=O)c2csc(Nc3ccc(C)cc3C)n2)cc1. The summed E-state index contributed by atoms with van der Waals surface area (Å²) in [4.78, 5) is 28.2. The molecule has 0 aliphatic carbocycles. The van der Waals surface area contributed by atoms with Gasteiger partial charge >= 0.3 is 5.97 Å². The Labute approximate surface area is 161 Å². The first kappa shape index (κ1) is 18.6. The molecule has 0 atom stereocenters. The van der Waals surface area contributed by atoms with Crippen LogP contribution in [0.4, 0.5) is 16.5 Å². The third-order valence-electron chi connectivity index (χ3n) is 3.92. The number of rotatable bonds is 5. The number of thiazole rings is 1. The van der Waals surface area contributed by atoms with E-state index in [0.717, 1.165) is 11.3 Å². The maximum atomic E-state index is 12.4. The second kappa shape index (κ2) is 8.01. The number of hydrogen-bond donors (Lipinski definition) is 2. The van der Waals surface area contributed by atoms with Gasteiger partial charge in [0.05, 0.1) is 12.7 Å². The predicted octanol–water partition coefficient (Wildman–Crippen LogP) is 4.54. The molecule has 1 aromatic heterocycles. The molecule has 1 amide bonds. The summed E-state index contributed by atoms with van der Waals surface area (Å²) in [5.41, 5.74) is 4.58. The molecule has 2 N–H and O–H groups in total. The van der Waals surface area contributed by atoms with Gasteiger partial charge in [-0.1, -0.05) is 17.7 Å². The lowest BCUT2D eigenvalue weighted by molar-refractivity contribution is 0.0600. The zero-order chi connectivity index (χ0) is 19.4. The van der Waals surface area contributed by atoms with Crippen molar-refractivity contribution >= 4 is 39.7 Å². The number of carbonyl (C=O) groups is 2. The van der Waals surface area contributed by atoms with E-state index in [9.17, 15) is 9.59 Å². The van der Waals surface area contributed by atoms with Crippen molar-refractivity contribution in [3.05, 3.63) is 70.2 Å². The largest absolute Gasteiger partial charge is 0.465 e. The van der Waals surface area contributed by atoms with Crippen molar-refractivity contribution in [2.45, 2.75) is 13.8 Å². The molecule has 0 saturated heterocycles. The van der Waals surface area contributed by atoms with Crippen LogP contribution in [0.2, 0.25) is 0 Å². The molecule has 3 aromatic rings. The number of hydrogen-bond acceptors (Lipinski definition) is 6. The molecule has 0 spiro atoms. The van der Waals surface area contributed by atoms with E-state index >= 15 is 0 Å². The zero-order valence-corrected chi connectivity index (χ0v) is 16.0. The Morgan fingerprint density at radius 3 is 2.48 bits per heavy atom. The molecule has 0 unspecified atom stereocenters. The number of anilines is 3. The molecule has 27 heavy (non-hydrogen) atoms. The van der Waals surface area contributed by atoms with Gasteiger partial charge in [0.2, 0.25) is 0 Å². The second-order valence-corrected chi connectivity index (χ2v) is 6.86. The molecular weight excluding hydrogens is 362 g/mol. The molecule has 0 radical (unpaired) electrons. The first-order chi connectivity index (χ1) is 13.0. The summed E-state index contributed by atoms with van der Waals surface area (Å²) in [7, 11) is 1.32. The van der Waals surface area contributed by atoms with Crippen molar-refractivity contribution in [3.8, 4) is 0 Å². The summed E-state index contributed by atoms with van der Waals surface area (Å²) in [5, 5.41) is 8.35. The minimum Gasteiger partial charge on any atom is -0.465 e. The van der Waals surface area contributed by atoms with Gasteiger partial charge < -0.3 is 15.4 Å². The highest BCUT2D eigenvalue weighted by Gasteiger charge is 2.12. The van der Waals surface area contributed by atoms with E-state index in [4.69, 9.17) is 0 Å². The average Bonchev–Trinajstić information content (AvgIpc) is 3.13. The number of carbonyl (C=O) groups excluding carboxylic acids is 2. The molecular formula is C20H19N3O3S. The Morgan fingerprint density at radius 2 is 1.81 bits per heavy atom. The minimum absolute atomic E-state index is 0.314. The monoisotopic (exact) mass is 381 g/mol. The number of nitrogens with zero attached hydrogens (tertiary/aromatic N) is 1. The molecule has 0 aliphatic heterocycles. The summed E-state index contributed by atoms with van der Waals surface area (Å²) in [5.74, 6) is -0.736. The Kier molecular flexibility index (Phi) is 5.52. The highest BCUT2D eigenvalue weighted by molar-refractivity contribution is 7.14. The Hall–Kier alpha value is -3.19. The lowest BCUT2D eigenvalue weighted by Crippen LogP contribution is -2.12. The van der Waals surface area contributed by atoms with Gasteiger partial charge in [0.1, 0.15) is 5.69 Å². The van der Waals surface area contributed by atoms with Crippen LogP contribution in [-0.4, -0.2) is 24.0 Å². The lowest BCUT2D eigenvalue weighted by Gasteiger charge is -2.07. The van der Waals surface area contributed by atoms with Crippen molar-refractivity contribution in [2.75, 3.05) is 17.7 Å². The van der Waals surface area contributed by atoms with E-state index in [2.05, 4.69) is 26.4 Å². The van der Waals surface area contributed by atoms with Gasteiger partial charge in [-0.05, 0) is 49.7 Å². The van der Waals surface area contributed by atoms with Crippen molar-refractivity contribution in [1.82, 2.24) is 4.98 Å². The van der Waals surface area contributed by atoms with E-state index in [-0.39, 0.29) is 5.91 Å². The predicted molar refractivity (Wildman–Crippen MR) is 107 cm³/mol. The summed E-state index contributed by atoms with van der Waals surface area (Å²) in [6, 6.07) is 12.6. The fraction of sp³-hybridized carbons (Fsp3) is 0.150. The smallest absolute Gasteiger partial charge is 0.337 e. The van der Waals surface area contributed by atoms with Crippen LogP contribution < -0.4 is 10.6 Å². The first-order valence-electron chi connectivity index (χ1n) is 8.26. The molecule has 7 heteroatoms. The molecule has 0 fully saturated rings. The zero-order valence-electron chi connectivity index (χ0n) is 15.2. The Bertz CT molecular complexity index is 980.